The van der Waals surface area contributed by atoms with Crippen molar-refractivity contribution in [2.24, 2.45) is 5.73 Å². The number of carboxylic acids is 1. The Balaban J connectivity index is 0.00000289. The summed E-state index contributed by atoms with van der Waals surface area (Å²) in [5, 5.41) is 8.63. The van der Waals surface area contributed by atoms with E-state index in [1.54, 1.807) is 0 Å². The van der Waals surface area contributed by atoms with Gasteiger partial charge < -0.3 is 10.8 Å². The highest BCUT2D eigenvalue weighted by Gasteiger charge is 2.14. The summed E-state index contributed by atoms with van der Waals surface area (Å²) < 4.78 is 0. The summed E-state index contributed by atoms with van der Waals surface area (Å²) in [5.74, 6) is -0.844. The van der Waals surface area contributed by atoms with Crippen molar-refractivity contribution in [2.45, 2.75) is 45.1 Å². The molecule has 0 aromatic heterocycles. The van der Waals surface area contributed by atoms with Crippen LogP contribution in [0, 0.1) is 0 Å². The maximum absolute atomic E-state index is 10.5. The van der Waals surface area contributed by atoms with Gasteiger partial charge in [0.1, 0.15) is 0 Å². The molecule has 0 amide bonds. The number of benzene rings is 1. The largest absolute Gasteiger partial charge is 0.481 e. The number of carboxylic acid groups (broad SMARTS) is 1. The third-order valence-electron chi connectivity index (χ3n) is 2.75. The van der Waals surface area contributed by atoms with Gasteiger partial charge in [-0.2, -0.15) is 0 Å². The molecule has 0 radical (unpaired) electrons. The fourth-order valence-corrected chi connectivity index (χ4v) is 1.74. The molecule has 0 aliphatic rings. The summed E-state index contributed by atoms with van der Waals surface area (Å²) in [6.07, 6.45) is 0.623. The zero-order chi connectivity index (χ0) is 13.1. The van der Waals surface area contributed by atoms with Gasteiger partial charge in [0.2, 0.25) is 0 Å². The fraction of sp³-hybridized carbons (Fsp3) is 0.500. The molecule has 102 valence electrons. The second-order valence-corrected chi connectivity index (χ2v) is 5.51. The lowest BCUT2D eigenvalue weighted by Gasteiger charge is -2.19. The van der Waals surface area contributed by atoms with Crippen LogP contribution in [0.25, 0.3) is 0 Å². The summed E-state index contributed by atoms with van der Waals surface area (Å²) in [6, 6.07) is 7.92. The van der Waals surface area contributed by atoms with Gasteiger partial charge in [-0.3, -0.25) is 4.79 Å². The number of hydrogen-bond donors (Lipinski definition) is 2. The van der Waals surface area contributed by atoms with E-state index >= 15 is 0 Å². The first kappa shape index (κ1) is 16.9. The lowest BCUT2D eigenvalue weighted by molar-refractivity contribution is -0.137. The molecule has 3 N–H and O–H groups in total. The van der Waals surface area contributed by atoms with Crippen molar-refractivity contribution in [2.75, 3.05) is 0 Å². The highest BCUT2D eigenvalue weighted by atomic mass is 35.5. The van der Waals surface area contributed by atoms with Crippen LogP contribution < -0.4 is 5.73 Å². The number of halogens is 1. The average molecular weight is 272 g/mol. The highest BCUT2D eigenvalue weighted by molar-refractivity contribution is 5.85. The first-order chi connectivity index (χ1) is 7.79. The van der Waals surface area contributed by atoms with Crippen LogP contribution in [0.4, 0.5) is 0 Å². The second kappa shape index (κ2) is 6.76. The summed E-state index contributed by atoms with van der Waals surface area (Å²) in [7, 11) is 0. The summed E-state index contributed by atoms with van der Waals surface area (Å²) in [6.45, 7) is 6.49. The predicted molar refractivity (Wildman–Crippen MR) is 76.3 cm³/mol. The number of nitrogens with two attached hydrogens (primary N) is 1. The average Bonchev–Trinajstić information content (AvgIpc) is 2.15. The van der Waals surface area contributed by atoms with Crippen LogP contribution in [0.3, 0.4) is 0 Å². The molecule has 1 unspecified atom stereocenters. The van der Waals surface area contributed by atoms with Gasteiger partial charge in [-0.1, -0.05) is 45.0 Å². The van der Waals surface area contributed by atoms with Crippen LogP contribution in [0.1, 0.15) is 38.3 Å². The van der Waals surface area contributed by atoms with Gasteiger partial charge in [-0.15, -0.1) is 12.4 Å². The molecule has 0 heterocycles. The zero-order valence-electron chi connectivity index (χ0n) is 11.1. The van der Waals surface area contributed by atoms with Crippen LogP contribution in [0.2, 0.25) is 0 Å². The summed E-state index contributed by atoms with van der Waals surface area (Å²) in [5.41, 5.74) is 8.25. The SMILES string of the molecule is CC(C)(C)c1ccc(CC(N)CC(=O)O)cc1.Cl. The molecule has 4 heteroatoms. The van der Waals surface area contributed by atoms with Crippen LogP contribution in [-0.4, -0.2) is 17.1 Å². The van der Waals surface area contributed by atoms with Crippen molar-refractivity contribution in [1.82, 2.24) is 0 Å². The Labute approximate surface area is 115 Å². The summed E-state index contributed by atoms with van der Waals surface area (Å²) >= 11 is 0. The molecule has 0 fully saturated rings. The van der Waals surface area contributed by atoms with Crippen LogP contribution >= 0.6 is 12.4 Å². The highest BCUT2D eigenvalue weighted by Crippen LogP contribution is 2.22. The molecule has 3 nitrogen and oxygen atoms in total. The minimum Gasteiger partial charge on any atom is -0.481 e. The Morgan fingerprint density at radius 3 is 2.17 bits per heavy atom. The van der Waals surface area contributed by atoms with Gasteiger partial charge in [0.05, 0.1) is 6.42 Å². The lowest BCUT2D eigenvalue weighted by Crippen LogP contribution is -2.26. The molecule has 0 aliphatic heterocycles. The number of hydrogen-bond acceptors (Lipinski definition) is 2. The van der Waals surface area contributed by atoms with Crippen molar-refractivity contribution in [3.8, 4) is 0 Å². The molecule has 0 saturated heterocycles. The van der Waals surface area contributed by atoms with Crippen molar-refractivity contribution in [3.63, 3.8) is 0 Å². The van der Waals surface area contributed by atoms with E-state index in [4.69, 9.17) is 10.8 Å². The lowest BCUT2D eigenvalue weighted by atomic mass is 9.86. The minimum absolute atomic E-state index is 0. The fourth-order valence-electron chi connectivity index (χ4n) is 1.74. The van der Waals surface area contributed by atoms with Gasteiger partial charge in [0.25, 0.3) is 0 Å². The maximum atomic E-state index is 10.5. The van der Waals surface area contributed by atoms with E-state index in [0.29, 0.717) is 6.42 Å². The standard InChI is InChI=1S/C14H21NO2.ClH/c1-14(2,3)11-6-4-10(5-7-11)8-12(15)9-13(16)17;/h4-7,12H,8-9,15H2,1-3H3,(H,16,17);1H. The molecule has 18 heavy (non-hydrogen) atoms. The Morgan fingerprint density at radius 1 is 1.28 bits per heavy atom. The Kier molecular flexibility index (Phi) is 6.36. The molecule has 0 bridgehead atoms. The third-order valence-corrected chi connectivity index (χ3v) is 2.75. The summed E-state index contributed by atoms with van der Waals surface area (Å²) in [4.78, 5) is 10.5. The molecular formula is C14H22ClNO2. The second-order valence-electron chi connectivity index (χ2n) is 5.51. The van der Waals surface area contributed by atoms with E-state index in [1.165, 1.54) is 5.56 Å². The van der Waals surface area contributed by atoms with E-state index < -0.39 is 5.97 Å². The molecular weight excluding hydrogens is 250 g/mol. The van der Waals surface area contributed by atoms with E-state index in [0.717, 1.165) is 5.56 Å². The number of carbonyl (C=O) groups is 1. The van der Waals surface area contributed by atoms with E-state index in [9.17, 15) is 4.79 Å². The van der Waals surface area contributed by atoms with Gasteiger partial charge in [0, 0.05) is 6.04 Å². The first-order valence-corrected chi connectivity index (χ1v) is 5.86. The van der Waals surface area contributed by atoms with E-state index in [1.807, 2.05) is 12.1 Å². The van der Waals surface area contributed by atoms with E-state index in [2.05, 4.69) is 32.9 Å². The van der Waals surface area contributed by atoms with Gasteiger partial charge in [-0.05, 0) is 23.0 Å². The Bertz CT molecular complexity index is 382. The van der Waals surface area contributed by atoms with Crippen LogP contribution in [0.15, 0.2) is 24.3 Å². The van der Waals surface area contributed by atoms with Crippen molar-refractivity contribution in [1.29, 1.82) is 0 Å². The van der Waals surface area contributed by atoms with Gasteiger partial charge in [-0.25, -0.2) is 0 Å². The van der Waals surface area contributed by atoms with Crippen molar-refractivity contribution in [3.05, 3.63) is 35.4 Å². The number of rotatable bonds is 4. The van der Waals surface area contributed by atoms with Crippen molar-refractivity contribution >= 4 is 18.4 Å². The van der Waals surface area contributed by atoms with Crippen LogP contribution in [-0.2, 0) is 16.6 Å². The molecule has 1 aromatic carbocycles. The maximum Gasteiger partial charge on any atom is 0.304 e. The number of aliphatic carboxylic acids is 1. The monoisotopic (exact) mass is 271 g/mol. The Hall–Kier alpha value is -1.06. The molecule has 0 aliphatic carbocycles. The molecule has 1 aromatic rings. The third kappa shape index (κ3) is 5.52. The molecule has 0 spiro atoms. The van der Waals surface area contributed by atoms with Gasteiger partial charge >= 0.3 is 5.97 Å². The topological polar surface area (TPSA) is 63.3 Å². The quantitative estimate of drug-likeness (QED) is 0.885. The minimum atomic E-state index is -0.844. The molecule has 1 rings (SSSR count). The smallest absolute Gasteiger partial charge is 0.304 e. The van der Waals surface area contributed by atoms with Crippen molar-refractivity contribution < 1.29 is 9.90 Å². The molecule has 0 saturated carbocycles. The zero-order valence-corrected chi connectivity index (χ0v) is 12.0. The Morgan fingerprint density at radius 2 is 1.78 bits per heavy atom. The van der Waals surface area contributed by atoms with E-state index in [-0.39, 0.29) is 30.3 Å². The molecule has 1 atom stereocenters. The van der Waals surface area contributed by atoms with Crippen LogP contribution in [0.5, 0.6) is 0 Å². The predicted octanol–water partition coefficient (Wildman–Crippen LogP) is 2.75. The first-order valence-electron chi connectivity index (χ1n) is 5.86. The normalized spacial score (nSPS) is 12.7. The van der Waals surface area contributed by atoms with Gasteiger partial charge in [0.15, 0.2) is 0 Å².